The summed E-state index contributed by atoms with van der Waals surface area (Å²) in [5.41, 5.74) is 0. The number of carboxylic acids is 1. The lowest BCUT2D eigenvalue weighted by atomic mass is 9.97. The van der Waals surface area contributed by atoms with Crippen molar-refractivity contribution in [2.24, 2.45) is 5.92 Å². The van der Waals surface area contributed by atoms with E-state index in [4.69, 9.17) is 5.11 Å². The third-order valence-electron chi connectivity index (χ3n) is 3.08. The molecular weight excluding hydrogens is 271 g/mol. The molecule has 1 aliphatic rings. The first kappa shape index (κ1) is 17.5. The van der Waals surface area contributed by atoms with Gasteiger partial charge in [-0.15, -0.1) is 12.4 Å². The second kappa shape index (κ2) is 7.84. The lowest BCUT2D eigenvalue weighted by Crippen LogP contribution is -2.42. The van der Waals surface area contributed by atoms with E-state index in [-0.39, 0.29) is 31.8 Å². The average Bonchev–Trinajstić information content (AvgIpc) is 2.23. The third-order valence-corrected chi connectivity index (χ3v) is 3.08. The van der Waals surface area contributed by atoms with Crippen LogP contribution in [-0.2, 0) is 4.79 Å². The maximum atomic E-state index is 12.5. The van der Waals surface area contributed by atoms with Crippen molar-refractivity contribution in [3.8, 4) is 0 Å². The number of likely N-dealkylation sites (tertiary alicyclic amines) is 1. The average molecular weight is 290 g/mol. The van der Waals surface area contributed by atoms with Crippen LogP contribution in [0.5, 0.6) is 0 Å². The molecule has 1 fully saturated rings. The molecule has 7 heteroatoms. The number of aliphatic carboxylic acids is 1. The minimum Gasteiger partial charge on any atom is -0.481 e. The van der Waals surface area contributed by atoms with Crippen molar-refractivity contribution in [1.29, 1.82) is 0 Å². The highest BCUT2D eigenvalue weighted by Crippen LogP contribution is 2.33. The second-order valence-corrected chi connectivity index (χ2v) is 4.53. The molecule has 0 amide bonds. The smallest absolute Gasteiger partial charge is 0.393 e. The van der Waals surface area contributed by atoms with Gasteiger partial charge in [0.2, 0.25) is 0 Å². The van der Waals surface area contributed by atoms with Gasteiger partial charge in [-0.2, -0.15) is 13.2 Å². The Kier molecular flexibility index (Phi) is 7.62. The molecule has 1 atom stereocenters. The molecule has 0 aromatic carbocycles. The molecule has 1 saturated heterocycles. The van der Waals surface area contributed by atoms with E-state index >= 15 is 0 Å². The molecule has 1 N–H and O–H groups in total. The minimum absolute atomic E-state index is 0. The van der Waals surface area contributed by atoms with Gasteiger partial charge >= 0.3 is 12.1 Å². The van der Waals surface area contributed by atoms with Crippen LogP contribution >= 0.6 is 12.4 Å². The molecule has 0 bridgehead atoms. The SMILES string of the molecule is Cl.O=C(O)CCCCN1CCCC(C(F)(F)F)C1. The molecule has 108 valence electrons. The van der Waals surface area contributed by atoms with Gasteiger partial charge in [0, 0.05) is 13.0 Å². The first-order chi connectivity index (χ1) is 7.89. The van der Waals surface area contributed by atoms with Crippen molar-refractivity contribution in [1.82, 2.24) is 4.90 Å². The number of nitrogens with zero attached hydrogens (tertiary/aromatic N) is 1. The fourth-order valence-electron chi connectivity index (χ4n) is 2.14. The number of piperidine rings is 1. The third kappa shape index (κ3) is 6.44. The van der Waals surface area contributed by atoms with E-state index in [0.717, 1.165) is 0 Å². The van der Waals surface area contributed by atoms with Crippen molar-refractivity contribution in [2.75, 3.05) is 19.6 Å². The topological polar surface area (TPSA) is 40.5 Å². The zero-order chi connectivity index (χ0) is 12.9. The van der Waals surface area contributed by atoms with Gasteiger partial charge in [-0.3, -0.25) is 4.79 Å². The fourth-order valence-corrected chi connectivity index (χ4v) is 2.14. The van der Waals surface area contributed by atoms with Crippen LogP contribution in [0, 0.1) is 5.92 Å². The Morgan fingerprint density at radius 1 is 1.33 bits per heavy atom. The summed E-state index contributed by atoms with van der Waals surface area (Å²) >= 11 is 0. The predicted molar refractivity (Wildman–Crippen MR) is 64.0 cm³/mol. The maximum Gasteiger partial charge on any atom is 0.393 e. The molecule has 0 saturated carbocycles. The molecular formula is C11H19ClF3NO2. The van der Waals surface area contributed by atoms with E-state index in [9.17, 15) is 18.0 Å². The summed E-state index contributed by atoms with van der Waals surface area (Å²) < 4.78 is 37.5. The molecule has 1 aliphatic heterocycles. The summed E-state index contributed by atoms with van der Waals surface area (Å²) in [6, 6.07) is 0. The van der Waals surface area contributed by atoms with Gasteiger partial charge in [0.05, 0.1) is 5.92 Å². The van der Waals surface area contributed by atoms with E-state index < -0.39 is 18.1 Å². The molecule has 1 heterocycles. The van der Waals surface area contributed by atoms with Gasteiger partial charge in [-0.05, 0) is 38.8 Å². The second-order valence-electron chi connectivity index (χ2n) is 4.53. The van der Waals surface area contributed by atoms with Gasteiger partial charge in [-0.25, -0.2) is 0 Å². The number of alkyl halides is 3. The van der Waals surface area contributed by atoms with Crippen molar-refractivity contribution >= 4 is 18.4 Å². The molecule has 0 aliphatic carbocycles. The van der Waals surface area contributed by atoms with Crippen LogP contribution in [0.25, 0.3) is 0 Å². The highest BCUT2D eigenvalue weighted by Gasteiger charge is 2.41. The predicted octanol–water partition coefficient (Wildman–Crippen LogP) is 2.94. The number of rotatable bonds is 5. The van der Waals surface area contributed by atoms with Gasteiger partial charge < -0.3 is 10.0 Å². The summed E-state index contributed by atoms with van der Waals surface area (Å²) in [6.45, 7) is 1.33. The number of hydrogen-bond donors (Lipinski definition) is 1. The van der Waals surface area contributed by atoms with Gasteiger partial charge in [-0.1, -0.05) is 0 Å². The number of carboxylic acid groups (broad SMARTS) is 1. The van der Waals surface area contributed by atoms with Crippen LogP contribution < -0.4 is 0 Å². The Labute approximate surface area is 111 Å². The fraction of sp³-hybridized carbons (Fsp3) is 0.909. The van der Waals surface area contributed by atoms with Crippen molar-refractivity contribution in [2.45, 2.75) is 38.3 Å². The number of unbranched alkanes of at least 4 members (excludes halogenated alkanes) is 1. The Morgan fingerprint density at radius 2 is 2.00 bits per heavy atom. The standard InChI is InChI=1S/C11H18F3NO2.ClH/c12-11(13,14)9-4-3-7-15(8-9)6-2-1-5-10(16)17;/h9H,1-8H2,(H,16,17);1H. The van der Waals surface area contributed by atoms with E-state index in [1.54, 1.807) is 4.90 Å². The van der Waals surface area contributed by atoms with Crippen molar-refractivity contribution < 1.29 is 23.1 Å². The molecule has 0 aromatic rings. The normalized spacial score (nSPS) is 21.4. The molecule has 0 aromatic heterocycles. The summed E-state index contributed by atoms with van der Waals surface area (Å²) in [5, 5.41) is 8.44. The minimum atomic E-state index is -4.10. The van der Waals surface area contributed by atoms with Crippen LogP contribution in [0.1, 0.15) is 32.1 Å². The van der Waals surface area contributed by atoms with Crippen molar-refractivity contribution in [3.05, 3.63) is 0 Å². The van der Waals surface area contributed by atoms with Crippen LogP contribution in [0.15, 0.2) is 0 Å². The molecule has 3 nitrogen and oxygen atoms in total. The Bertz CT molecular complexity index is 261. The van der Waals surface area contributed by atoms with Crippen LogP contribution in [0.4, 0.5) is 13.2 Å². The molecule has 0 radical (unpaired) electrons. The lowest BCUT2D eigenvalue weighted by Gasteiger charge is -2.33. The Hall–Kier alpha value is -0.490. The summed E-state index contributed by atoms with van der Waals surface area (Å²) in [6.07, 6.45) is -2.03. The van der Waals surface area contributed by atoms with Crippen LogP contribution in [0.3, 0.4) is 0 Å². The van der Waals surface area contributed by atoms with Crippen LogP contribution in [0.2, 0.25) is 0 Å². The van der Waals surface area contributed by atoms with Crippen LogP contribution in [-0.4, -0.2) is 41.8 Å². The van der Waals surface area contributed by atoms with E-state index in [1.165, 1.54) is 0 Å². The summed E-state index contributed by atoms with van der Waals surface area (Å²) in [7, 11) is 0. The lowest BCUT2D eigenvalue weighted by molar-refractivity contribution is -0.186. The summed E-state index contributed by atoms with van der Waals surface area (Å²) in [5.74, 6) is -2.06. The van der Waals surface area contributed by atoms with Gasteiger partial charge in [0.15, 0.2) is 0 Å². The van der Waals surface area contributed by atoms with E-state index in [0.29, 0.717) is 32.4 Å². The largest absolute Gasteiger partial charge is 0.481 e. The van der Waals surface area contributed by atoms with E-state index in [1.807, 2.05) is 0 Å². The van der Waals surface area contributed by atoms with Crippen molar-refractivity contribution in [3.63, 3.8) is 0 Å². The Balaban J connectivity index is 0.00000289. The highest BCUT2D eigenvalue weighted by atomic mass is 35.5. The zero-order valence-corrected chi connectivity index (χ0v) is 10.9. The Morgan fingerprint density at radius 3 is 2.56 bits per heavy atom. The van der Waals surface area contributed by atoms with E-state index in [2.05, 4.69) is 0 Å². The molecule has 1 unspecified atom stereocenters. The summed E-state index contributed by atoms with van der Waals surface area (Å²) in [4.78, 5) is 12.1. The number of carbonyl (C=O) groups is 1. The first-order valence-corrected chi connectivity index (χ1v) is 5.90. The number of hydrogen-bond acceptors (Lipinski definition) is 2. The van der Waals surface area contributed by atoms with Gasteiger partial charge in [0.1, 0.15) is 0 Å². The highest BCUT2D eigenvalue weighted by molar-refractivity contribution is 5.85. The first-order valence-electron chi connectivity index (χ1n) is 5.90. The molecule has 18 heavy (non-hydrogen) atoms. The monoisotopic (exact) mass is 289 g/mol. The zero-order valence-electron chi connectivity index (χ0n) is 10.1. The maximum absolute atomic E-state index is 12.5. The number of halogens is 4. The van der Waals surface area contributed by atoms with Gasteiger partial charge in [0.25, 0.3) is 0 Å². The quantitative estimate of drug-likeness (QED) is 0.791. The molecule has 1 rings (SSSR count). The molecule has 0 spiro atoms.